The van der Waals surface area contributed by atoms with Crippen LogP contribution in [0.2, 0.25) is 0 Å². The third kappa shape index (κ3) is 2.25. The van der Waals surface area contributed by atoms with E-state index in [-0.39, 0.29) is 18.7 Å². The van der Waals surface area contributed by atoms with Crippen molar-refractivity contribution in [1.29, 1.82) is 0 Å². The first-order valence-corrected chi connectivity index (χ1v) is 6.82. The van der Waals surface area contributed by atoms with Crippen LogP contribution in [0.15, 0.2) is 30.5 Å². The predicted molar refractivity (Wildman–Crippen MR) is 75.5 cm³/mol. The molecule has 1 saturated heterocycles. The Hall–Kier alpha value is -2.01. The maximum Gasteiger partial charge on any atom is 0.410 e. The van der Waals surface area contributed by atoms with E-state index in [1.165, 1.54) is 10.9 Å². The van der Waals surface area contributed by atoms with Crippen LogP contribution < -0.4 is 0 Å². The fraction of sp³-hybridized carbons (Fsp3) is 0.400. The fourth-order valence-corrected chi connectivity index (χ4v) is 2.73. The number of aliphatic hydroxyl groups is 1. The number of amides is 1. The molecular weight excluding hydrogens is 256 g/mol. The summed E-state index contributed by atoms with van der Waals surface area (Å²) < 4.78 is 5.08. The number of ether oxygens (including phenoxy) is 1. The molecule has 2 atom stereocenters. The van der Waals surface area contributed by atoms with Crippen LogP contribution in [0.1, 0.15) is 12.5 Å². The number of nitrogens with zero attached hydrogens (tertiary/aromatic N) is 1. The second-order valence-corrected chi connectivity index (χ2v) is 5.25. The van der Waals surface area contributed by atoms with E-state index in [9.17, 15) is 4.79 Å². The molecule has 0 spiro atoms. The highest BCUT2D eigenvalue weighted by Gasteiger charge is 2.34. The number of hydrogen-bond donors (Lipinski definition) is 2. The summed E-state index contributed by atoms with van der Waals surface area (Å²) in [5, 5.41) is 10.3. The number of aromatic nitrogens is 1. The molecule has 2 heterocycles. The minimum Gasteiger partial charge on any atom is -0.442 e. The zero-order chi connectivity index (χ0) is 14.1. The number of cyclic esters (lactones) is 1. The van der Waals surface area contributed by atoms with Crippen LogP contribution in [0.5, 0.6) is 0 Å². The number of para-hydroxylation sites is 1. The van der Waals surface area contributed by atoms with Crippen molar-refractivity contribution in [2.24, 2.45) is 0 Å². The molecule has 1 aliphatic rings. The van der Waals surface area contributed by atoms with Crippen molar-refractivity contribution < 1.29 is 14.6 Å². The SMILES string of the molecule is CC(Cc1c[nH]c2ccccc12)N1CC(CO)OC1=O. The van der Waals surface area contributed by atoms with Crippen LogP contribution in [0.3, 0.4) is 0 Å². The number of nitrogens with one attached hydrogen (secondary N) is 1. The molecule has 2 unspecified atom stereocenters. The first-order chi connectivity index (χ1) is 9.69. The molecule has 2 aromatic rings. The van der Waals surface area contributed by atoms with Gasteiger partial charge in [-0.05, 0) is 25.0 Å². The normalized spacial score (nSPS) is 20.4. The number of rotatable bonds is 4. The Labute approximate surface area is 117 Å². The molecule has 1 aromatic carbocycles. The van der Waals surface area contributed by atoms with Gasteiger partial charge < -0.3 is 19.7 Å². The van der Waals surface area contributed by atoms with E-state index in [0.717, 1.165) is 11.9 Å². The van der Waals surface area contributed by atoms with Crippen LogP contribution in [0.25, 0.3) is 10.9 Å². The van der Waals surface area contributed by atoms with E-state index in [4.69, 9.17) is 9.84 Å². The molecule has 3 rings (SSSR count). The highest BCUT2D eigenvalue weighted by Crippen LogP contribution is 2.22. The lowest BCUT2D eigenvalue weighted by molar-refractivity contribution is 0.0942. The van der Waals surface area contributed by atoms with Crippen LogP contribution in [-0.2, 0) is 11.2 Å². The molecule has 20 heavy (non-hydrogen) atoms. The highest BCUT2D eigenvalue weighted by molar-refractivity contribution is 5.83. The summed E-state index contributed by atoms with van der Waals surface area (Å²) >= 11 is 0. The van der Waals surface area contributed by atoms with Crippen molar-refractivity contribution in [2.45, 2.75) is 25.5 Å². The molecule has 0 saturated carbocycles. The largest absolute Gasteiger partial charge is 0.442 e. The van der Waals surface area contributed by atoms with Gasteiger partial charge >= 0.3 is 6.09 Å². The van der Waals surface area contributed by atoms with Crippen molar-refractivity contribution >= 4 is 17.0 Å². The average molecular weight is 274 g/mol. The average Bonchev–Trinajstić information content (AvgIpc) is 3.03. The molecule has 0 radical (unpaired) electrons. The first-order valence-electron chi connectivity index (χ1n) is 6.82. The Morgan fingerprint density at radius 1 is 1.50 bits per heavy atom. The smallest absolute Gasteiger partial charge is 0.410 e. The maximum absolute atomic E-state index is 11.8. The minimum absolute atomic E-state index is 0.0401. The molecule has 0 bridgehead atoms. The summed E-state index contributed by atoms with van der Waals surface area (Å²) in [6.45, 7) is 2.34. The fourth-order valence-electron chi connectivity index (χ4n) is 2.73. The molecule has 1 amide bonds. The highest BCUT2D eigenvalue weighted by atomic mass is 16.6. The van der Waals surface area contributed by atoms with Crippen molar-refractivity contribution in [1.82, 2.24) is 9.88 Å². The molecule has 2 N–H and O–H groups in total. The number of aromatic amines is 1. The quantitative estimate of drug-likeness (QED) is 0.895. The summed E-state index contributed by atoms with van der Waals surface area (Å²) in [4.78, 5) is 16.7. The molecule has 1 aromatic heterocycles. The molecule has 5 heteroatoms. The Balaban J connectivity index is 1.76. The lowest BCUT2D eigenvalue weighted by Crippen LogP contribution is -2.36. The molecule has 5 nitrogen and oxygen atoms in total. The molecular formula is C15H18N2O3. The molecule has 106 valence electrons. The van der Waals surface area contributed by atoms with E-state index in [0.29, 0.717) is 6.54 Å². The van der Waals surface area contributed by atoms with Crippen LogP contribution >= 0.6 is 0 Å². The predicted octanol–water partition coefficient (Wildman–Crippen LogP) is 1.91. The van der Waals surface area contributed by atoms with Crippen molar-refractivity contribution in [3.05, 3.63) is 36.0 Å². The minimum atomic E-state index is -0.395. The van der Waals surface area contributed by atoms with Gasteiger partial charge in [0.25, 0.3) is 0 Å². The van der Waals surface area contributed by atoms with Gasteiger partial charge in [-0.25, -0.2) is 4.79 Å². The number of aliphatic hydroxyl groups excluding tert-OH is 1. The van der Waals surface area contributed by atoms with Gasteiger partial charge in [-0.15, -0.1) is 0 Å². The standard InChI is InChI=1S/C15H18N2O3/c1-10(17-8-12(9-18)20-15(17)19)6-11-7-16-14-5-3-2-4-13(11)14/h2-5,7,10,12,16,18H,6,8-9H2,1H3. The Morgan fingerprint density at radius 2 is 2.30 bits per heavy atom. The van der Waals surface area contributed by atoms with Gasteiger partial charge in [0, 0.05) is 23.1 Å². The Kier molecular flexibility index (Phi) is 3.36. The number of H-pyrrole nitrogens is 1. The second-order valence-electron chi connectivity index (χ2n) is 5.25. The van der Waals surface area contributed by atoms with Crippen LogP contribution in [-0.4, -0.2) is 46.4 Å². The third-order valence-electron chi connectivity index (χ3n) is 3.83. The molecule has 0 aliphatic carbocycles. The van der Waals surface area contributed by atoms with E-state index in [1.54, 1.807) is 4.90 Å². The summed E-state index contributed by atoms with van der Waals surface area (Å²) in [5.74, 6) is 0. The van der Waals surface area contributed by atoms with Crippen molar-refractivity contribution in [2.75, 3.05) is 13.2 Å². The zero-order valence-electron chi connectivity index (χ0n) is 11.4. The van der Waals surface area contributed by atoms with Gasteiger partial charge in [-0.1, -0.05) is 18.2 Å². The first kappa shape index (κ1) is 13.0. The number of benzene rings is 1. The van der Waals surface area contributed by atoms with Gasteiger partial charge in [-0.3, -0.25) is 0 Å². The third-order valence-corrected chi connectivity index (χ3v) is 3.83. The van der Waals surface area contributed by atoms with Gasteiger partial charge in [0.05, 0.1) is 13.2 Å². The lowest BCUT2D eigenvalue weighted by atomic mass is 10.1. The molecule has 1 aliphatic heterocycles. The summed E-state index contributed by atoms with van der Waals surface area (Å²) in [6, 6.07) is 8.16. The topological polar surface area (TPSA) is 65.6 Å². The number of hydrogen-bond acceptors (Lipinski definition) is 3. The van der Waals surface area contributed by atoms with E-state index in [2.05, 4.69) is 11.1 Å². The Bertz CT molecular complexity index is 622. The maximum atomic E-state index is 11.8. The summed E-state index contributed by atoms with van der Waals surface area (Å²) in [7, 11) is 0. The Morgan fingerprint density at radius 3 is 3.05 bits per heavy atom. The molecule has 1 fully saturated rings. The second kappa shape index (κ2) is 5.17. The van der Waals surface area contributed by atoms with Crippen LogP contribution in [0.4, 0.5) is 4.79 Å². The van der Waals surface area contributed by atoms with E-state index >= 15 is 0 Å². The van der Waals surface area contributed by atoms with Gasteiger partial charge in [0.15, 0.2) is 0 Å². The van der Waals surface area contributed by atoms with Crippen LogP contribution in [0, 0.1) is 0 Å². The van der Waals surface area contributed by atoms with Gasteiger partial charge in [0.2, 0.25) is 0 Å². The summed E-state index contributed by atoms with van der Waals surface area (Å²) in [5.41, 5.74) is 2.29. The zero-order valence-corrected chi connectivity index (χ0v) is 11.4. The monoisotopic (exact) mass is 274 g/mol. The number of carbonyl (C=O) groups excluding carboxylic acids is 1. The van der Waals surface area contributed by atoms with Gasteiger partial charge in [0.1, 0.15) is 6.10 Å². The van der Waals surface area contributed by atoms with E-state index in [1.807, 2.05) is 31.3 Å². The number of fused-ring (bicyclic) bond motifs is 1. The van der Waals surface area contributed by atoms with Gasteiger partial charge in [-0.2, -0.15) is 0 Å². The summed E-state index contributed by atoms with van der Waals surface area (Å²) in [6.07, 6.45) is 2.02. The van der Waals surface area contributed by atoms with E-state index < -0.39 is 6.10 Å². The number of carbonyl (C=O) groups is 1. The lowest BCUT2D eigenvalue weighted by Gasteiger charge is -2.21. The van der Waals surface area contributed by atoms with Crippen molar-refractivity contribution in [3.8, 4) is 0 Å². The van der Waals surface area contributed by atoms with Crippen molar-refractivity contribution in [3.63, 3.8) is 0 Å².